The van der Waals surface area contributed by atoms with Gasteiger partial charge in [0.05, 0.1) is 0 Å². The summed E-state index contributed by atoms with van der Waals surface area (Å²) >= 11 is 1.92. The molecule has 0 aliphatic heterocycles. The fourth-order valence-corrected chi connectivity index (χ4v) is 3.64. The largest absolute Gasteiger partial charge is 0.383 e. The Balaban J connectivity index is 1.85. The van der Waals surface area contributed by atoms with Crippen molar-refractivity contribution in [2.24, 2.45) is 0 Å². The molecule has 0 spiro atoms. The van der Waals surface area contributed by atoms with Crippen LogP contribution in [0.1, 0.15) is 55.8 Å². The van der Waals surface area contributed by atoms with Crippen molar-refractivity contribution in [1.82, 2.24) is 9.97 Å². The molecule has 3 nitrogen and oxygen atoms in total. The molecule has 3 rings (SSSR count). The van der Waals surface area contributed by atoms with Gasteiger partial charge in [-0.05, 0) is 32.6 Å². The van der Waals surface area contributed by atoms with Crippen molar-refractivity contribution in [3.63, 3.8) is 0 Å². The van der Waals surface area contributed by atoms with Crippen LogP contribution in [0.3, 0.4) is 0 Å². The summed E-state index contributed by atoms with van der Waals surface area (Å²) in [5, 5.41) is 1.88. The predicted octanol–water partition coefficient (Wildman–Crippen LogP) is 3.28. The van der Waals surface area contributed by atoms with Crippen LogP contribution in [0, 0.1) is 6.92 Å². The summed E-state index contributed by atoms with van der Waals surface area (Å²) in [5.74, 6) is 2.25. The highest BCUT2D eigenvalue weighted by Gasteiger charge is 2.28. The molecule has 2 N–H and O–H groups in total. The summed E-state index contributed by atoms with van der Waals surface area (Å²) in [6.45, 7) is 2.04. The van der Waals surface area contributed by atoms with Crippen LogP contribution in [0.5, 0.6) is 0 Å². The van der Waals surface area contributed by atoms with E-state index in [0.717, 1.165) is 21.7 Å². The first-order chi connectivity index (χ1) is 8.24. The van der Waals surface area contributed by atoms with E-state index in [1.54, 1.807) is 0 Å². The van der Waals surface area contributed by atoms with E-state index in [4.69, 9.17) is 10.7 Å². The first-order valence-electron chi connectivity index (χ1n) is 6.54. The molecule has 2 saturated carbocycles. The normalized spacial score (nSPS) is 21.0. The Hall–Kier alpha value is -0.770. The quantitative estimate of drug-likeness (QED) is 0.835. The van der Waals surface area contributed by atoms with Crippen LogP contribution in [-0.2, 0) is 0 Å². The number of hydrogen-bond donors (Lipinski definition) is 1. The molecule has 2 aliphatic rings. The maximum atomic E-state index is 6.00. The molecule has 0 aromatic carbocycles. The lowest BCUT2D eigenvalue weighted by Gasteiger charge is -2.12. The Morgan fingerprint density at radius 1 is 1.12 bits per heavy atom. The van der Waals surface area contributed by atoms with E-state index in [2.05, 4.69) is 4.98 Å². The molecule has 0 unspecified atom stereocenters. The summed E-state index contributed by atoms with van der Waals surface area (Å²) in [6.07, 6.45) is 7.85. The van der Waals surface area contributed by atoms with E-state index in [0.29, 0.717) is 11.7 Å². The minimum Gasteiger partial charge on any atom is -0.383 e. The Morgan fingerprint density at radius 2 is 1.82 bits per heavy atom. The number of nitrogens with two attached hydrogens (primary N) is 1. The van der Waals surface area contributed by atoms with Gasteiger partial charge in [-0.1, -0.05) is 12.8 Å². The van der Waals surface area contributed by atoms with Crippen LogP contribution in [0.4, 0.5) is 5.82 Å². The van der Waals surface area contributed by atoms with E-state index >= 15 is 0 Å². The average molecular weight is 249 g/mol. The summed E-state index contributed by atoms with van der Waals surface area (Å²) < 4.78 is 0. The third-order valence-corrected chi connectivity index (χ3v) is 5.10. The first-order valence-corrected chi connectivity index (χ1v) is 7.42. The second-order valence-electron chi connectivity index (χ2n) is 5.20. The number of thioether (sulfide) groups is 1. The van der Waals surface area contributed by atoms with Crippen LogP contribution in [0.25, 0.3) is 0 Å². The maximum Gasteiger partial charge on any atom is 0.135 e. The van der Waals surface area contributed by atoms with Crippen LogP contribution < -0.4 is 5.73 Å². The summed E-state index contributed by atoms with van der Waals surface area (Å²) in [4.78, 5) is 9.15. The minimum absolute atomic E-state index is 0.584. The molecule has 1 aromatic rings. The van der Waals surface area contributed by atoms with E-state index in [1.807, 2.05) is 18.7 Å². The average Bonchev–Trinajstić information content (AvgIpc) is 3.04. The van der Waals surface area contributed by atoms with Gasteiger partial charge < -0.3 is 5.73 Å². The topological polar surface area (TPSA) is 51.8 Å². The van der Waals surface area contributed by atoms with Crippen LogP contribution >= 0.6 is 11.8 Å². The lowest BCUT2D eigenvalue weighted by molar-refractivity contribution is 0.854. The van der Waals surface area contributed by atoms with E-state index in [1.165, 1.54) is 38.5 Å². The highest BCUT2D eigenvalue weighted by Crippen LogP contribution is 2.41. The molecule has 2 aliphatic carbocycles. The van der Waals surface area contributed by atoms with E-state index < -0.39 is 0 Å². The van der Waals surface area contributed by atoms with Crippen LogP contribution in [-0.4, -0.2) is 15.2 Å². The third kappa shape index (κ3) is 2.41. The Kier molecular flexibility index (Phi) is 2.99. The second kappa shape index (κ2) is 4.48. The van der Waals surface area contributed by atoms with Crippen LogP contribution in [0.2, 0.25) is 0 Å². The van der Waals surface area contributed by atoms with Crippen molar-refractivity contribution in [2.45, 2.75) is 61.6 Å². The van der Waals surface area contributed by atoms with Gasteiger partial charge in [-0.15, -0.1) is 11.8 Å². The lowest BCUT2D eigenvalue weighted by atomic mass is 10.3. The molecule has 1 aromatic heterocycles. The number of rotatable bonds is 3. The Labute approximate surface area is 107 Å². The zero-order valence-electron chi connectivity index (χ0n) is 10.3. The molecule has 92 valence electrons. The molecule has 1 heterocycles. The summed E-state index contributed by atoms with van der Waals surface area (Å²) in [6, 6.07) is 0. The molecule has 0 bridgehead atoms. The molecule has 4 heteroatoms. The number of aromatic nitrogens is 2. The van der Waals surface area contributed by atoms with Crippen molar-refractivity contribution in [1.29, 1.82) is 0 Å². The van der Waals surface area contributed by atoms with Gasteiger partial charge in [0.25, 0.3) is 0 Å². The maximum absolute atomic E-state index is 6.00. The molecule has 17 heavy (non-hydrogen) atoms. The molecule has 0 radical (unpaired) electrons. The van der Waals surface area contributed by atoms with Gasteiger partial charge >= 0.3 is 0 Å². The third-order valence-electron chi connectivity index (χ3n) is 3.68. The molecule has 2 fully saturated rings. The highest BCUT2D eigenvalue weighted by atomic mass is 32.2. The van der Waals surface area contributed by atoms with Crippen molar-refractivity contribution in [3.05, 3.63) is 11.4 Å². The number of nitrogen functional groups attached to an aromatic ring is 1. The summed E-state index contributed by atoms with van der Waals surface area (Å²) in [5.41, 5.74) is 7.07. The van der Waals surface area contributed by atoms with Gasteiger partial charge in [-0.2, -0.15) is 0 Å². The van der Waals surface area contributed by atoms with Gasteiger partial charge in [0.2, 0.25) is 0 Å². The monoisotopic (exact) mass is 249 g/mol. The minimum atomic E-state index is 0.584. The van der Waals surface area contributed by atoms with Crippen molar-refractivity contribution < 1.29 is 0 Å². The van der Waals surface area contributed by atoms with Gasteiger partial charge in [0, 0.05) is 16.7 Å². The smallest absolute Gasteiger partial charge is 0.135 e. The highest BCUT2D eigenvalue weighted by molar-refractivity contribution is 7.99. The zero-order chi connectivity index (χ0) is 11.8. The number of nitrogens with zero attached hydrogens (tertiary/aromatic N) is 2. The molecular weight excluding hydrogens is 230 g/mol. The van der Waals surface area contributed by atoms with Crippen molar-refractivity contribution in [2.75, 3.05) is 5.73 Å². The van der Waals surface area contributed by atoms with Crippen molar-refractivity contribution >= 4 is 17.6 Å². The second-order valence-corrected chi connectivity index (χ2v) is 6.48. The predicted molar refractivity (Wildman–Crippen MR) is 71.3 cm³/mol. The van der Waals surface area contributed by atoms with E-state index in [9.17, 15) is 0 Å². The van der Waals surface area contributed by atoms with Gasteiger partial charge in [0.15, 0.2) is 0 Å². The first kappa shape index (κ1) is 11.3. The number of anilines is 1. The Bertz CT molecular complexity index is 423. The molecular formula is C13H19N3S. The number of hydrogen-bond acceptors (Lipinski definition) is 4. The summed E-state index contributed by atoms with van der Waals surface area (Å²) in [7, 11) is 0. The lowest BCUT2D eigenvalue weighted by Crippen LogP contribution is -2.05. The van der Waals surface area contributed by atoms with E-state index in [-0.39, 0.29) is 0 Å². The fourth-order valence-electron chi connectivity index (χ4n) is 2.33. The Morgan fingerprint density at radius 3 is 2.47 bits per heavy atom. The SMILES string of the molecule is Cc1c(N)nc(C2CC2)nc1SC1CCCC1. The molecule has 0 atom stereocenters. The van der Waals surface area contributed by atoms with Gasteiger partial charge in [0.1, 0.15) is 16.7 Å². The van der Waals surface area contributed by atoms with Gasteiger partial charge in [-0.25, -0.2) is 9.97 Å². The van der Waals surface area contributed by atoms with Crippen molar-refractivity contribution in [3.8, 4) is 0 Å². The van der Waals surface area contributed by atoms with Crippen LogP contribution in [0.15, 0.2) is 5.03 Å². The zero-order valence-corrected chi connectivity index (χ0v) is 11.1. The fraction of sp³-hybridized carbons (Fsp3) is 0.692. The molecule has 0 saturated heterocycles. The molecule has 0 amide bonds. The van der Waals surface area contributed by atoms with Gasteiger partial charge in [-0.3, -0.25) is 0 Å². The standard InChI is InChI=1S/C13H19N3S/c1-8-11(14)15-12(9-6-7-9)16-13(8)17-10-4-2-3-5-10/h9-10H,2-7H2,1H3,(H2,14,15,16).